The summed E-state index contributed by atoms with van der Waals surface area (Å²) in [5.74, 6) is -0.154. The van der Waals surface area contributed by atoms with Crippen molar-refractivity contribution in [3.8, 4) is 0 Å². The van der Waals surface area contributed by atoms with Crippen molar-refractivity contribution in [1.82, 2.24) is 0 Å². The Labute approximate surface area is 222 Å². The maximum absolute atomic E-state index is 14.0. The van der Waals surface area contributed by atoms with E-state index in [4.69, 9.17) is 0 Å². The second-order valence-corrected chi connectivity index (χ2v) is 9.95. The fourth-order valence-corrected chi connectivity index (χ4v) is 5.60. The Bertz CT molecular complexity index is 1400. The lowest BCUT2D eigenvalue weighted by Gasteiger charge is -2.35. The summed E-state index contributed by atoms with van der Waals surface area (Å²) in [7, 11) is 0. The van der Waals surface area contributed by atoms with E-state index in [1.54, 1.807) is 17.0 Å². The Hall–Kier alpha value is -4.26. The summed E-state index contributed by atoms with van der Waals surface area (Å²) in [6.45, 7) is 2.09. The van der Waals surface area contributed by atoms with Gasteiger partial charge in [0.25, 0.3) is 5.69 Å². The number of non-ortho nitro benzene ring substituents is 1. The smallest absolute Gasteiger partial charge is 0.269 e. The molecule has 0 bridgehead atoms. The van der Waals surface area contributed by atoms with Crippen molar-refractivity contribution >= 4 is 28.8 Å². The third kappa shape index (κ3) is 4.96. The largest absolute Gasteiger partial charge is 0.357 e. The van der Waals surface area contributed by atoms with Crippen LogP contribution in [0.3, 0.4) is 0 Å². The van der Waals surface area contributed by atoms with Gasteiger partial charge in [0.1, 0.15) is 0 Å². The van der Waals surface area contributed by atoms with Crippen molar-refractivity contribution in [2.24, 2.45) is 0 Å². The molecule has 5 rings (SSSR count). The van der Waals surface area contributed by atoms with Crippen LogP contribution in [0.4, 0.5) is 17.1 Å². The van der Waals surface area contributed by atoms with Crippen LogP contribution in [0.15, 0.2) is 90.1 Å². The third-order valence-electron chi connectivity index (χ3n) is 7.42. The molecule has 1 heterocycles. The maximum Gasteiger partial charge on any atom is 0.269 e. The first-order valence-corrected chi connectivity index (χ1v) is 13.2. The van der Waals surface area contributed by atoms with E-state index in [2.05, 4.69) is 12.2 Å². The summed E-state index contributed by atoms with van der Waals surface area (Å²) >= 11 is 0. The quantitative estimate of drug-likeness (QED) is 0.209. The number of Topliss-reactive ketones (excluding diaryl/α,β-unsaturated/α-hetero) is 1. The maximum atomic E-state index is 14.0. The molecule has 0 spiro atoms. The molecule has 38 heavy (non-hydrogen) atoms. The minimum atomic E-state index is -0.764. The topological polar surface area (TPSA) is 92.6 Å². The van der Waals surface area contributed by atoms with E-state index >= 15 is 0 Å². The number of benzene rings is 3. The summed E-state index contributed by atoms with van der Waals surface area (Å²) in [5.41, 5.74) is 4.27. The van der Waals surface area contributed by atoms with E-state index in [1.165, 1.54) is 12.1 Å². The Balaban J connectivity index is 1.69. The summed E-state index contributed by atoms with van der Waals surface area (Å²) in [6.07, 6.45) is 3.88. The number of nitro groups is 1. The highest BCUT2D eigenvalue weighted by Gasteiger charge is 2.41. The molecular formula is C31H31N3O4. The monoisotopic (exact) mass is 509 g/mol. The van der Waals surface area contributed by atoms with Crippen LogP contribution < -0.4 is 10.2 Å². The first-order chi connectivity index (χ1) is 18.5. The second-order valence-electron chi connectivity index (χ2n) is 9.95. The Morgan fingerprint density at radius 3 is 2.47 bits per heavy atom. The normalized spacial score (nSPS) is 18.8. The number of fused-ring (bicyclic) bond motifs is 1. The van der Waals surface area contributed by atoms with E-state index in [-0.39, 0.29) is 23.3 Å². The highest BCUT2D eigenvalue weighted by molar-refractivity contribution is 6.06. The van der Waals surface area contributed by atoms with E-state index in [0.29, 0.717) is 36.1 Å². The van der Waals surface area contributed by atoms with Crippen molar-refractivity contribution in [3.05, 3.63) is 111 Å². The van der Waals surface area contributed by atoms with Crippen molar-refractivity contribution in [3.63, 3.8) is 0 Å². The number of unbranched alkanes of at least 4 members (excludes halogenated alkanes) is 2. The molecule has 2 unspecified atom stereocenters. The molecule has 0 fully saturated rings. The van der Waals surface area contributed by atoms with Gasteiger partial charge in [-0.2, -0.15) is 0 Å². The molecule has 1 aliphatic carbocycles. The number of carbonyl (C=O) groups is 2. The number of carbonyl (C=O) groups excluding carboxylic acids is 2. The standard InChI is InChI=1S/C31H31N3O4/c1-2-3-5-17-29(36)33-27-16-9-8-15-25(27)32-26-19-23(21-11-6-4-7-12-21)20-28(35)30(26)31(33)22-13-10-14-24(18-22)34(37)38/h4,6-16,18,23,31-32H,2-3,5,17,19-20H2,1H3. The van der Waals surface area contributed by atoms with Gasteiger partial charge in [0.05, 0.1) is 22.3 Å². The molecule has 0 saturated carbocycles. The molecule has 0 aromatic heterocycles. The number of para-hydroxylation sites is 2. The number of nitro benzene ring substituents is 1. The van der Waals surface area contributed by atoms with Gasteiger partial charge in [0.15, 0.2) is 5.78 Å². The zero-order valence-electron chi connectivity index (χ0n) is 21.4. The van der Waals surface area contributed by atoms with Gasteiger partial charge in [-0.1, -0.05) is 74.4 Å². The van der Waals surface area contributed by atoms with E-state index in [1.807, 2.05) is 54.6 Å². The molecule has 1 aliphatic heterocycles. The van der Waals surface area contributed by atoms with Gasteiger partial charge >= 0.3 is 0 Å². The van der Waals surface area contributed by atoms with Crippen LogP contribution in [0.1, 0.15) is 68.5 Å². The van der Waals surface area contributed by atoms with Gasteiger partial charge in [-0.15, -0.1) is 0 Å². The molecular weight excluding hydrogens is 478 g/mol. The highest BCUT2D eigenvalue weighted by atomic mass is 16.6. The van der Waals surface area contributed by atoms with E-state index < -0.39 is 11.0 Å². The summed E-state index contributed by atoms with van der Waals surface area (Å²) in [6, 6.07) is 23.1. The molecule has 3 aromatic rings. The number of nitrogens with one attached hydrogen (secondary N) is 1. The molecule has 0 radical (unpaired) electrons. The highest BCUT2D eigenvalue weighted by Crippen LogP contribution is 2.48. The fraction of sp³-hybridized carbons (Fsp3) is 0.290. The Kier molecular flexibility index (Phi) is 7.36. The Morgan fingerprint density at radius 1 is 0.974 bits per heavy atom. The molecule has 2 aliphatic rings. The average molecular weight is 510 g/mol. The van der Waals surface area contributed by atoms with Crippen LogP contribution in [0, 0.1) is 10.1 Å². The molecule has 194 valence electrons. The summed E-state index contributed by atoms with van der Waals surface area (Å²) in [4.78, 5) is 40.8. The van der Waals surface area contributed by atoms with Gasteiger partial charge in [-0.25, -0.2) is 0 Å². The molecule has 1 amide bonds. The van der Waals surface area contributed by atoms with Crippen molar-refractivity contribution in [2.45, 2.75) is 57.4 Å². The zero-order chi connectivity index (χ0) is 26.6. The molecule has 3 aromatic carbocycles. The number of hydrogen-bond acceptors (Lipinski definition) is 5. The van der Waals surface area contributed by atoms with Crippen LogP contribution in [-0.4, -0.2) is 16.6 Å². The number of rotatable bonds is 7. The van der Waals surface area contributed by atoms with Crippen LogP contribution in [0.25, 0.3) is 0 Å². The predicted molar refractivity (Wildman–Crippen MR) is 148 cm³/mol. The number of ketones is 1. The van der Waals surface area contributed by atoms with E-state index in [0.717, 1.165) is 36.2 Å². The van der Waals surface area contributed by atoms with Crippen LogP contribution in [0.2, 0.25) is 0 Å². The molecule has 7 nitrogen and oxygen atoms in total. The molecule has 0 saturated heterocycles. The minimum absolute atomic E-state index is 0.000299. The predicted octanol–water partition coefficient (Wildman–Crippen LogP) is 7.08. The van der Waals surface area contributed by atoms with Gasteiger partial charge in [0.2, 0.25) is 5.91 Å². The van der Waals surface area contributed by atoms with Crippen LogP contribution >= 0.6 is 0 Å². The van der Waals surface area contributed by atoms with Crippen molar-refractivity contribution < 1.29 is 14.5 Å². The van der Waals surface area contributed by atoms with Crippen LogP contribution in [0.5, 0.6) is 0 Å². The zero-order valence-corrected chi connectivity index (χ0v) is 21.4. The Morgan fingerprint density at radius 2 is 1.71 bits per heavy atom. The lowest BCUT2D eigenvalue weighted by Crippen LogP contribution is -2.38. The van der Waals surface area contributed by atoms with Crippen LogP contribution in [-0.2, 0) is 9.59 Å². The SMILES string of the molecule is CCCCCC(=O)N1c2ccccc2NC2=C(C(=O)CC(c3ccccc3)C2)C1c1cccc([N+](=O)[O-])c1. The van der Waals surface area contributed by atoms with Gasteiger partial charge in [0, 0.05) is 36.2 Å². The minimum Gasteiger partial charge on any atom is -0.357 e. The molecule has 7 heteroatoms. The first kappa shape index (κ1) is 25.4. The number of amides is 1. The first-order valence-electron chi connectivity index (χ1n) is 13.2. The second kappa shape index (κ2) is 11.0. The lowest BCUT2D eigenvalue weighted by atomic mass is 9.78. The average Bonchev–Trinajstić information content (AvgIpc) is 3.08. The lowest BCUT2D eigenvalue weighted by molar-refractivity contribution is -0.384. The number of anilines is 2. The molecule has 2 atom stereocenters. The fourth-order valence-electron chi connectivity index (χ4n) is 5.60. The number of hydrogen-bond donors (Lipinski definition) is 1. The summed E-state index contributed by atoms with van der Waals surface area (Å²) < 4.78 is 0. The number of allylic oxidation sites excluding steroid dienone is 1. The molecule has 1 N–H and O–H groups in total. The van der Waals surface area contributed by atoms with Gasteiger partial charge in [-0.3, -0.25) is 24.6 Å². The summed E-state index contributed by atoms with van der Waals surface area (Å²) in [5, 5.41) is 15.2. The van der Waals surface area contributed by atoms with E-state index in [9.17, 15) is 19.7 Å². The van der Waals surface area contributed by atoms with Gasteiger partial charge < -0.3 is 5.32 Å². The third-order valence-corrected chi connectivity index (χ3v) is 7.42. The number of nitrogens with zero attached hydrogens (tertiary/aromatic N) is 2. The van der Waals surface area contributed by atoms with Gasteiger partial charge in [-0.05, 0) is 42.0 Å². The van der Waals surface area contributed by atoms with Crippen molar-refractivity contribution in [1.29, 1.82) is 0 Å². The van der Waals surface area contributed by atoms with Crippen molar-refractivity contribution in [2.75, 3.05) is 10.2 Å².